The Morgan fingerprint density at radius 3 is 2.44 bits per heavy atom. The van der Waals surface area contributed by atoms with E-state index >= 15 is 0 Å². The standard InChI is InChI=1S/C11H10F3NO3/c1-15-9(17)3-2-6-4-7(11(12,13)14)10(18)8(16)5-6/h2-5,16,18H,1H3,(H,15,17)/b3-2+. The van der Waals surface area contributed by atoms with Gasteiger partial charge >= 0.3 is 6.18 Å². The van der Waals surface area contributed by atoms with Crippen molar-refractivity contribution >= 4 is 12.0 Å². The molecule has 0 saturated heterocycles. The Balaban J connectivity index is 3.21. The Morgan fingerprint density at radius 2 is 1.94 bits per heavy atom. The average molecular weight is 261 g/mol. The lowest BCUT2D eigenvalue weighted by Gasteiger charge is -2.11. The lowest BCUT2D eigenvalue weighted by Crippen LogP contribution is -2.13. The third kappa shape index (κ3) is 3.16. The summed E-state index contributed by atoms with van der Waals surface area (Å²) >= 11 is 0. The van der Waals surface area contributed by atoms with Gasteiger partial charge in [-0.3, -0.25) is 4.79 Å². The topological polar surface area (TPSA) is 69.6 Å². The third-order valence-corrected chi connectivity index (χ3v) is 2.09. The van der Waals surface area contributed by atoms with Gasteiger partial charge in [-0.1, -0.05) is 0 Å². The molecule has 7 heteroatoms. The fraction of sp³-hybridized carbons (Fsp3) is 0.182. The minimum Gasteiger partial charge on any atom is -0.504 e. The zero-order valence-corrected chi connectivity index (χ0v) is 9.25. The van der Waals surface area contributed by atoms with Gasteiger partial charge < -0.3 is 15.5 Å². The SMILES string of the molecule is CNC(=O)/C=C/c1cc(O)c(O)c(C(F)(F)F)c1. The summed E-state index contributed by atoms with van der Waals surface area (Å²) in [7, 11) is 1.36. The number of hydrogen-bond acceptors (Lipinski definition) is 3. The zero-order valence-electron chi connectivity index (χ0n) is 9.25. The molecule has 3 N–H and O–H groups in total. The van der Waals surface area contributed by atoms with Crippen molar-refractivity contribution in [2.75, 3.05) is 7.05 Å². The number of hydrogen-bond donors (Lipinski definition) is 3. The van der Waals surface area contributed by atoms with Gasteiger partial charge in [0.05, 0.1) is 0 Å². The maximum absolute atomic E-state index is 12.5. The van der Waals surface area contributed by atoms with Crippen LogP contribution in [0.2, 0.25) is 0 Å². The van der Waals surface area contributed by atoms with E-state index in [1.807, 2.05) is 0 Å². The number of likely N-dealkylation sites (N-methyl/N-ethyl adjacent to an activating group) is 1. The number of aromatic hydroxyl groups is 2. The predicted molar refractivity (Wildman–Crippen MR) is 57.9 cm³/mol. The van der Waals surface area contributed by atoms with Crippen molar-refractivity contribution in [1.29, 1.82) is 0 Å². The van der Waals surface area contributed by atoms with Crippen LogP contribution in [0, 0.1) is 0 Å². The molecule has 4 nitrogen and oxygen atoms in total. The number of alkyl halides is 3. The monoisotopic (exact) mass is 261 g/mol. The molecule has 0 aliphatic carbocycles. The summed E-state index contributed by atoms with van der Waals surface area (Å²) < 4.78 is 37.5. The lowest BCUT2D eigenvalue weighted by atomic mass is 10.1. The van der Waals surface area contributed by atoms with Gasteiger partial charge in [-0.05, 0) is 23.8 Å². The van der Waals surface area contributed by atoms with Crippen LogP contribution in [0.5, 0.6) is 11.5 Å². The fourth-order valence-corrected chi connectivity index (χ4v) is 1.21. The highest BCUT2D eigenvalue weighted by atomic mass is 19.4. The van der Waals surface area contributed by atoms with E-state index in [-0.39, 0.29) is 5.56 Å². The molecule has 0 bridgehead atoms. The average Bonchev–Trinajstić information content (AvgIpc) is 2.28. The highest BCUT2D eigenvalue weighted by Gasteiger charge is 2.35. The summed E-state index contributed by atoms with van der Waals surface area (Å²) in [5.41, 5.74) is -1.42. The van der Waals surface area contributed by atoms with Crippen molar-refractivity contribution in [2.24, 2.45) is 0 Å². The first-order valence-corrected chi connectivity index (χ1v) is 4.78. The highest BCUT2D eigenvalue weighted by molar-refractivity contribution is 5.91. The summed E-state index contributed by atoms with van der Waals surface area (Å²) in [5, 5.41) is 20.5. The van der Waals surface area contributed by atoms with Crippen LogP contribution in [0.25, 0.3) is 6.08 Å². The molecular weight excluding hydrogens is 251 g/mol. The van der Waals surface area contributed by atoms with Crippen LogP contribution in [0.1, 0.15) is 11.1 Å². The van der Waals surface area contributed by atoms with Gasteiger partial charge in [-0.2, -0.15) is 13.2 Å². The molecule has 0 spiro atoms. The summed E-state index contributed by atoms with van der Waals surface area (Å²) in [4.78, 5) is 10.9. The minimum atomic E-state index is -4.79. The van der Waals surface area contributed by atoms with Crippen LogP contribution in [-0.4, -0.2) is 23.2 Å². The molecule has 0 unspecified atom stereocenters. The fourth-order valence-electron chi connectivity index (χ4n) is 1.21. The summed E-state index contributed by atoms with van der Waals surface area (Å²) in [6.07, 6.45) is -2.70. The second kappa shape index (κ2) is 4.99. The molecule has 1 aromatic carbocycles. The predicted octanol–water partition coefficient (Wildman–Crippen LogP) is 1.88. The molecule has 0 fully saturated rings. The van der Waals surface area contributed by atoms with Gasteiger partial charge in [0.15, 0.2) is 11.5 Å². The number of halogens is 3. The van der Waals surface area contributed by atoms with Crippen molar-refractivity contribution in [1.82, 2.24) is 5.32 Å². The van der Waals surface area contributed by atoms with Crippen LogP contribution in [0.3, 0.4) is 0 Å². The Morgan fingerprint density at radius 1 is 1.33 bits per heavy atom. The molecule has 0 heterocycles. The van der Waals surface area contributed by atoms with Crippen molar-refractivity contribution in [3.8, 4) is 11.5 Å². The number of rotatable bonds is 2. The Hall–Kier alpha value is -2.18. The first kappa shape index (κ1) is 13.9. The highest BCUT2D eigenvalue weighted by Crippen LogP contribution is 2.41. The van der Waals surface area contributed by atoms with E-state index in [2.05, 4.69) is 5.32 Å². The Bertz CT molecular complexity index is 495. The number of carbonyl (C=O) groups is 1. The molecule has 1 rings (SSSR count). The molecule has 98 valence electrons. The van der Waals surface area contributed by atoms with Gasteiger partial charge in [0, 0.05) is 13.1 Å². The first-order chi connectivity index (χ1) is 8.25. The van der Waals surface area contributed by atoms with Crippen LogP contribution in [-0.2, 0) is 11.0 Å². The van der Waals surface area contributed by atoms with Crippen molar-refractivity contribution < 1.29 is 28.2 Å². The molecule has 0 atom stereocenters. The Kier molecular flexibility index (Phi) is 3.85. The second-order valence-electron chi connectivity index (χ2n) is 3.38. The van der Waals surface area contributed by atoms with E-state index in [0.717, 1.165) is 18.2 Å². The smallest absolute Gasteiger partial charge is 0.420 e. The number of phenols is 2. The summed E-state index contributed by atoms with van der Waals surface area (Å²) in [6.45, 7) is 0. The summed E-state index contributed by atoms with van der Waals surface area (Å²) in [5.74, 6) is -2.64. The van der Waals surface area contributed by atoms with E-state index in [9.17, 15) is 23.1 Å². The molecule has 1 amide bonds. The molecule has 18 heavy (non-hydrogen) atoms. The van der Waals surface area contributed by atoms with Gasteiger partial charge in [0.2, 0.25) is 5.91 Å². The molecule has 0 aliphatic rings. The van der Waals surface area contributed by atoms with E-state index in [1.165, 1.54) is 7.05 Å². The van der Waals surface area contributed by atoms with Crippen LogP contribution >= 0.6 is 0 Å². The van der Waals surface area contributed by atoms with Crippen molar-refractivity contribution in [3.63, 3.8) is 0 Å². The van der Waals surface area contributed by atoms with Gasteiger partial charge in [0.25, 0.3) is 0 Å². The van der Waals surface area contributed by atoms with E-state index in [1.54, 1.807) is 0 Å². The zero-order chi connectivity index (χ0) is 13.9. The van der Waals surface area contributed by atoms with Crippen molar-refractivity contribution in [3.05, 3.63) is 29.3 Å². The number of phenolic OH excluding ortho intramolecular Hbond substituents is 2. The lowest BCUT2D eigenvalue weighted by molar-refractivity contribution is -0.138. The first-order valence-electron chi connectivity index (χ1n) is 4.78. The number of amides is 1. The van der Waals surface area contributed by atoms with E-state index < -0.39 is 29.1 Å². The maximum atomic E-state index is 12.5. The Labute approximate surface area is 100 Å². The molecule has 0 saturated carbocycles. The van der Waals surface area contributed by atoms with Gasteiger partial charge in [-0.25, -0.2) is 0 Å². The number of benzene rings is 1. The molecule has 0 aromatic heterocycles. The molecular formula is C11H10F3NO3. The normalized spacial score (nSPS) is 11.8. The third-order valence-electron chi connectivity index (χ3n) is 2.09. The van der Waals surface area contributed by atoms with E-state index in [0.29, 0.717) is 6.07 Å². The summed E-state index contributed by atoms with van der Waals surface area (Å²) in [6, 6.07) is 1.55. The van der Waals surface area contributed by atoms with Crippen LogP contribution in [0.4, 0.5) is 13.2 Å². The second-order valence-corrected chi connectivity index (χ2v) is 3.38. The maximum Gasteiger partial charge on any atom is 0.420 e. The van der Waals surface area contributed by atoms with Gasteiger partial charge in [0.1, 0.15) is 5.56 Å². The molecule has 0 aliphatic heterocycles. The van der Waals surface area contributed by atoms with Crippen LogP contribution in [0.15, 0.2) is 18.2 Å². The number of carbonyl (C=O) groups excluding carboxylic acids is 1. The number of nitrogens with one attached hydrogen (secondary N) is 1. The molecule has 1 aromatic rings. The quantitative estimate of drug-likeness (QED) is 0.562. The minimum absolute atomic E-state index is 0.0544. The largest absolute Gasteiger partial charge is 0.504 e. The van der Waals surface area contributed by atoms with Gasteiger partial charge in [-0.15, -0.1) is 0 Å². The molecule has 0 radical (unpaired) electrons. The van der Waals surface area contributed by atoms with E-state index in [4.69, 9.17) is 5.11 Å². The van der Waals surface area contributed by atoms with Crippen molar-refractivity contribution in [2.45, 2.75) is 6.18 Å². The van der Waals surface area contributed by atoms with Crippen LogP contribution < -0.4 is 5.32 Å².